The van der Waals surface area contributed by atoms with Gasteiger partial charge in [0, 0.05) is 12.6 Å². The van der Waals surface area contributed by atoms with E-state index < -0.39 is 0 Å². The van der Waals surface area contributed by atoms with Crippen molar-refractivity contribution in [3.63, 3.8) is 0 Å². The maximum absolute atomic E-state index is 12.6. The zero-order valence-corrected chi connectivity index (χ0v) is 10.7. The topological polar surface area (TPSA) is 42.7 Å². The van der Waals surface area contributed by atoms with Gasteiger partial charge in [-0.1, -0.05) is 0 Å². The van der Waals surface area contributed by atoms with Crippen LogP contribution in [-0.2, 0) is 9.53 Å². The number of carbonyl (C=O) groups is 1. The van der Waals surface area contributed by atoms with Crippen molar-refractivity contribution in [2.24, 2.45) is 5.92 Å². The minimum absolute atomic E-state index is 0.0283. The van der Waals surface area contributed by atoms with Gasteiger partial charge >= 0.3 is 0 Å². The molecule has 3 rings (SSSR count). The Morgan fingerprint density at radius 1 is 1.44 bits per heavy atom. The van der Waals surface area contributed by atoms with Crippen molar-refractivity contribution in [3.8, 4) is 0 Å². The monoisotopic (exact) mass is 249 g/mol. The van der Waals surface area contributed by atoms with Gasteiger partial charge in [-0.15, -0.1) is 0 Å². The lowest BCUT2D eigenvalue weighted by molar-refractivity contribution is -0.138. The summed E-state index contributed by atoms with van der Waals surface area (Å²) in [5.74, 6) is 1.15. The molecule has 1 amide bonds. The first kappa shape index (κ1) is 11.8. The second-order valence-electron chi connectivity index (χ2n) is 5.23. The summed E-state index contributed by atoms with van der Waals surface area (Å²) in [6.45, 7) is 3.34. The number of ether oxygens (including phenoxy) is 1. The summed E-state index contributed by atoms with van der Waals surface area (Å²) in [6, 6.07) is 4.25. The molecule has 1 aromatic rings. The Bertz CT molecular complexity index is 405. The van der Waals surface area contributed by atoms with E-state index in [2.05, 4.69) is 0 Å². The quantitative estimate of drug-likeness (QED) is 0.822. The van der Waals surface area contributed by atoms with Gasteiger partial charge in [0.05, 0.1) is 24.8 Å². The first-order valence-corrected chi connectivity index (χ1v) is 6.70. The molecule has 98 valence electrons. The standard InChI is InChI=1S/C14H19NO3/c1-10(13-3-2-7-18-13)15(12-4-5-12)14(16)11-6-8-17-9-11/h2-3,7,10-12H,4-6,8-9H2,1H3. The molecule has 2 atom stereocenters. The molecule has 1 aliphatic carbocycles. The van der Waals surface area contributed by atoms with E-state index >= 15 is 0 Å². The molecule has 0 radical (unpaired) electrons. The van der Waals surface area contributed by atoms with E-state index in [-0.39, 0.29) is 17.9 Å². The lowest BCUT2D eigenvalue weighted by atomic mass is 10.1. The summed E-state index contributed by atoms with van der Waals surface area (Å²) in [7, 11) is 0. The highest BCUT2D eigenvalue weighted by Crippen LogP contribution is 2.36. The second-order valence-corrected chi connectivity index (χ2v) is 5.23. The van der Waals surface area contributed by atoms with Crippen LogP contribution in [0.2, 0.25) is 0 Å². The van der Waals surface area contributed by atoms with E-state index in [1.165, 1.54) is 0 Å². The molecule has 1 saturated carbocycles. The SMILES string of the molecule is CC(c1ccco1)N(C(=O)C1CCOC1)C1CC1. The van der Waals surface area contributed by atoms with Crippen molar-refractivity contribution < 1.29 is 13.9 Å². The minimum Gasteiger partial charge on any atom is -0.467 e. The average Bonchev–Trinajstić information content (AvgIpc) is 2.92. The van der Waals surface area contributed by atoms with E-state index in [0.29, 0.717) is 19.3 Å². The molecule has 0 aromatic carbocycles. The Balaban J connectivity index is 1.77. The normalized spacial score (nSPS) is 25.1. The number of hydrogen-bond acceptors (Lipinski definition) is 3. The van der Waals surface area contributed by atoms with Crippen LogP contribution >= 0.6 is 0 Å². The fraction of sp³-hybridized carbons (Fsp3) is 0.643. The minimum atomic E-state index is 0.0283. The molecule has 1 saturated heterocycles. The van der Waals surface area contributed by atoms with E-state index in [4.69, 9.17) is 9.15 Å². The molecule has 2 unspecified atom stereocenters. The summed E-state index contributed by atoms with van der Waals surface area (Å²) in [5, 5.41) is 0. The van der Waals surface area contributed by atoms with Crippen LogP contribution < -0.4 is 0 Å². The molecule has 0 bridgehead atoms. The summed E-state index contributed by atoms with van der Waals surface area (Å²) in [5.41, 5.74) is 0. The van der Waals surface area contributed by atoms with Gasteiger partial charge in [-0.05, 0) is 38.3 Å². The summed E-state index contributed by atoms with van der Waals surface area (Å²) in [6.07, 6.45) is 4.75. The number of carbonyl (C=O) groups excluding carboxylic acids is 1. The van der Waals surface area contributed by atoms with Crippen molar-refractivity contribution in [2.45, 2.75) is 38.3 Å². The van der Waals surface area contributed by atoms with Gasteiger partial charge in [0.15, 0.2) is 0 Å². The van der Waals surface area contributed by atoms with E-state index in [9.17, 15) is 4.79 Å². The third-order valence-electron chi connectivity index (χ3n) is 3.85. The van der Waals surface area contributed by atoms with Crippen LogP contribution in [0.5, 0.6) is 0 Å². The van der Waals surface area contributed by atoms with E-state index in [1.54, 1.807) is 6.26 Å². The van der Waals surface area contributed by atoms with Crippen molar-refractivity contribution >= 4 is 5.91 Å². The molecular weight excluding hydrogens is 230 g/mol. The van der Waals surface area contributed by atoms with Crippen molar-refractivity contribution in [3.05, 3.63) is 24.2 Å². The van der Waals surface area contributed by atoms with Gasteiger partial charge in [-0.3, -0.25) is 4.79 Å². The van der Waals surface area contributed by atoms with Crippen LogP contribution in [0.1, 0.15) is 38.0 Å². The first-order valence-electron chi connectivity index (χ1n) is 6.70. The summed E-state index contributed by atoms with van der Waals surface area (Å²) >= 11 is 0. The fourth-order valence-corrected chi connectivity index (χ4v) is 2.65. The highest BCUT2D eigenvalue weighted by molar-refractivity contribution is 5.80. The van der Waals surface area contributed by atoms with E-state index in [1.807, 2.05) is 24.0 Å². The zero-order chi connectivity index (χ0) is 12.5. The molecule has 4 nitrogen and oxygen atoms in total. The zero-order valence-electron chi connectivity index (χ0n) is 10.7. The predicted octanol–water partition coefficient (Wildman–Crippen LogP) is 2.37. The third kappa shape index (κ3) is 2.17. The number of amides is 1. The molecule has 1 aromatic heterocycles. The van der Waals surface area contributed by atoms with Crippen LogP contribution in [0.25, 0.3) is 0 Å². The van der Waals surface area contributed by atoms with Crippen molar-refractivity contribution in [1.29, 1.82) is 0 Å². The van der Waals surface area contributed by atoms with Gasteiger partial charge in [0.2, 0.25) is 5.91 Å². The molecule has 2 aliphatic rings. The largest absolute Gasteiger partial charge is 0.467 e. The smallest absolute Gasteiger partial charge is 0.228 e. The number of hydrogen-bond donors (Lipinski definition) is 0. The van der Waals surface area contributed by atoms with Gasteiger partial charge < -0.3 is 14.1 Å². The van der Waals surface area contributed by atoms with Crippen LogP contribution in [0.15, 0.2) is 22.8 Å². The molecule has 18 heavy (non-hydrogen) atoms. The first-order chi connectivity index (χ1) is 8.77. The number of furan rings is 1. The average molecular weight is 249 g/mol. The Labute approximate surface area is 107 Å². The predicted molar refractivity (Wildman–Crippen MR) is 65.9 cm³/mol. The Kier molecular flexibility index (Phi) is 3.12. The van der Waals surface area contributed by atoms with Crippen LogP contribution in [0.3, 0.4) is 0 Å². The molecule has 0 spiro atoms. The van der Waals surface area contributed by atoms with Crippen LogP contribution in [0.4, 0.5) is 0 Å². The van der Waals surface area contributed by atoms with Gasteiger partial charge in [0.1, 0.15) is 5.76 Å². The van der Waals surface area contributed by atoms with Gasteiger partial charge in [-0.25, -0.2) is 0 Å². The second kappa shape index (κ2) is 4.76. The van der Waals surface area contributed by atoms with Gasteiger partial charge in [-0.2, -0.15) is 0 Å². The highest BCUT2D eigenvalue weighted by Gasteiger charge is 2.40. The Morgan fingerprint density at radius 3 is 2.83 bits per heavy atom. The van der Waals surface area contributed by atoms with Crippen LogP contribution in [0, 0.1) is 5.92 Å². The van der Waals surface area contributed by atoms with Gasteiger partial charge in [0.25, 0.3) is 0 Å². The van der Waals surface area contributed by atoms with Crippen molar-refractivity contribution in [2.75, 3.05) is 13.2 Å². The number of rotatable bonds is 4. The lowest BCUT2D eigenvalue weighted by Crippen LogP contribution is -2.39. The number of nitrogens with zero attached hydrogens (tertiary/aromatic N) is 1. The summed E-state index contributed by atoms with van der Waals surface area (Å²) in [4.78, 5) is 14.6. The Hall–Kier alpha value is -1.29. The third-order valence-corrected chi connectivity index (χ3v) is 3.85. The molecule has 0 N–H and O–H groups in total. The molecule has 2 heterocycles. The molecule has 1 aliphatic heterocycles. The lowest BCUT2D eigenvalue weighted by Gasteiger charge is -2.30. The summed E-state index contributed by atoms with van der Waals surface area (Å²) < 4.78 is 10.8. The molecule has 2 fully saturated rings. The van der Waals surface area contributed by atoms with E-state index in [0.717, 1.165) is 25.0 Å². The Morgan fingerprint density at radius 2 is 2.28 bits per heavy atom. The molecule has 4 heteroatoms. The maximum Gasteiger partial charge on any atom is 0.228 e. The molecular formula is C14H19NO3. The maximum atomic E-state index is 12.6. The fourth-order valence-electron chi connectivity index (χ4n) is 2.65. The highest BCUT2D eigenvalue weighted by atomic mass is 16.5. The van der Waals surface area contributed by atoms with Crippen molar-refractivity contribution in [1.82, 2.24) is 4.90 Å². The van der Waals surface area contributed by atoms with Crippen LogP contribution in [-0.4, -0.2) is 30.1 Å².